The minimum absolute atomic E-state index is 0.517. The highest BCUT2D eigenvalue weighted by Crippen LogP contribution is 2.24. The number of hydrogen-bond donors (Lipinski definition) is 1. The van der Waals surface area contributed by atoms with Crippen molar-refractivity contribution < 1.29 is 0 Å². The molecule has 18 heavy (non-hydrogen) atoms. The van der Waals surface area contributed by atoms with Gasteiger partial charge in [0.1, 0.15) is 10.0 Å². The summed E-state index contributed by atoms with van der Waals surface area (Å²) in [6, 6.07) is 8.68. The smallest absolute Gasteiger partial charge is 0.147 e. The van der Waals surface area contributed by atoms with Crippen LogP contribution in [0.3, 0.4) is 0 Å². The van der Waals surface area contributed by atoms with Gasteiger partial charge in [-0.15, -0.1) is 10.2 Å². The van der Waals surface area contributed by atoms with Crippen molar-refractivity contribution in [3.8, 4) is 10.6 Å². The maximum atomic E-state index is 4.24. The van der Waals surface area contributed by atoms with Gasteiger partial charge in [-0.3, -0.25) is 0 Å². The fraction of sp³-hybridized carbons (Fsp3) is 0.385. The molecule has 1 aromatic heterocycles. The molecule has 5 heteroatoms. The van der Waals surface area contributed by atoms with Crippen LogP contribution in [-0.2, 0) is 6.42 Å². The lowest BCUT2D eigenvalue weighted by Crippen LogP contribution is -2.24. The van der Waals surface area contributed by atoms with Crippen molar-refractivity contribution >= 4 is 27.3 Å². The lowest BCUT2D eigenvalue weighted by Gasteiger charge is -2.05. The molecule has 0 bridgehead atoms. The Hall–Kier alpha value is -0.780. The first-order valence-corrected chi connectivity index (χ1v) is 7.58. The van der Waals surface area contributed by atoms with Gasteiger partial charge in [-0.05, 0) is 12.1 Å². The first kappa shape index (κ1) is 13.6. The van der Waals surface area contributed by atoms with Gasteiger partial charge in [0.2, 0.25) is 0 Å². The third-order valence-electron chi connectivity index (χ3n) is 2.45. The Morgan fingerprint density at radius 3 is 2.61 bits per heavy atom. The van der Waals surface area contributed by atoms with E-state index in [1.54, 1.807) is 11.3 Å². The number of rotatable bonds is 5. The molecule has 0 saturated carbocycles. The predicted molar refractivity (Wildman–Crippen MR) is 79.9 cm³/mol. The van der Waals surface area contributed by atoms with Crippen LogP contribution in [0.25, 0.3) is 10.6 Å². The number of aromatic nitrogens is 2. The third-order valence-corrected chi connectivity index (χ3v) is 4.01. The summed E-state index contributed by atoms with van der Waals surface area (Å²) in [4.78, 5) is 0. The van der Waals surface area contributed by atoms with E-state index in [-0.39, 0.29) is 0 Å². The van der Waals surface area contributed by atoms with E-state index in [0.717, 1.165) is 33.0 Å². The Morgan fingerprint density at radius 2 is 1.94 bits per heavy atom. The van der Waals surface area contributed by atoms with Gasteiger partial charge in [0.15, 0.2) is 0 Å². The Kier molecular flexibility index (Phi) is 4.86. The Morgan fingerprint density at radius 1 is 1.22 bits per heavy atom. The summed E-state index contributed by atoms with van der Waals surface area (Å²) in [7, 11) is 0. The minimum Gasteiger partial charge on any atom is -0.314 e. The summed E-state index contributed by atoms with van der Waals surface area (Å²) in [5.74, 6) is 0. The molecule has 0 fully saturated rings. The highest BCUT2D eigenvalue weighted by Gasteiger charge is 2.06. The fourth-order valence-corrected chi connectivity index (χ4v) is 2.64. The number of halogens is 1. The Balaban J connectivity index is 1.99. The number of nitrogens with zero attached hydrogens (tertiary/aromatic N) is 2. The number of nitrogens with one attached hydrogen (secondary N) is 1. The van der Waals surface area contributed by atoms with Crippen LogP contribution in [0.2, 0.25) is 0 Å². The second-order valence-electron chi connectivity index (χ2n) is 4.37. The van der Waals surface area contributed by atoms with Crippen molar-refractivity contribution in [1.82, 2.24) is 15.5 Å². The summed E-state index contributed by atoms with van der Waals surface area (Å²) in [5, 5.41) is 13.9. The summed E-state index contributed by atoms with van der Waals surface area (Å²) in [6.07, 6.45) is 0.937. The molecule has 2 rings (SSSR count). The van der Waals surface area contributed by atoms with Gasteiger partial charge < -0.3 is 5.32 Å². The van der Waals surface area contributed by atoms with Crippen LogP contribution in [0.4, 0.5) is 0 Å². The fourth-order valence-electron chi connectivity index (χ4n) is 1.53. The highest BCUT2D eigenvalue weighted by molar-refractivity contribution is 9.10. The largest absolute Gasteiger partial charge is 0.314 e. The Labute approximate surface area is 120 Å². The Bertz CT molecular complexity index is 493. The van der Waals surface area contributed by atoms with Gasteiger partial charge in [0.05, 0.1) is 0 Å². The molecule has 3 nitrogen and oxygen atoms in total. The van der Waals surface area contributed by atoms with Gasteiger partial charge in [-0.25, -0.2) is 0 Å². The van der Waals surface area contributed by atoms with Gasteiger partial charge >= 0.3 is 0 Å². The maximum absolute atomic E-state index is 4.24. The quantitative estimate of drug-likeness (QED) is 0.914. The van der Waals surface area contributed by atoms with Crippen LogP contribution in [0, 0.1) is 0 Å². The van der Waals surface area contributed by atoms with Gasteiger partial charge in [-0.2, -0.15) is 0 Å². The van der Waals surface area contributed by atoms with Crippen molar-refractivity contribution in [2.24, 2.45) is 0 Å². The van der Waals surface area contributed by atoms with Crippen molar-refractivity contribution in [2.75, 3.05) is 6.54 Å². The second kappa shape index (κ2) is 6.41. The standard InChI is InChI=1S/C13H16BrN3S/c1-9(2)15-8-7-12-16-17-13(18-12)10-3-5-11(14)6-4-10/h3-6,9,15H,7-8H2,1-2H3. The van der Waals surface area contributed by atoms with Crippen molar-refractivity contribution in [2.45, 2.75) is 26.3 Å². The number of benzene rings is 1. The second-order valence-corrected chi connectivity index (χ2v) is 6.34. The van der Waals surface area contributed by atoms with Gasteiger partial charge in [0, 0.05) is 29.0 Å². The summed E-state index contributed by atoms with van der Waals surface area (Å²) < 4.78 is 1.08. The van der Waals surface area contributed by atoms with E-state index in [1.807, 2.05) is 12.1 Å². The van der Waals surface area contributed by atoms with E-state index in [2.05, 4.69) is 57.4 Å². The van der Waals surface area contributed by atoms with Crippen LogP contribution in [-0.4, -0.2) is 22.8 Å². The first-order valence-electron chi connectivity index (χ1n) is 5.97. The zero-order valence-corrected chi connectivity index (χ0v) is 12.9. The molecular formula is C13H16BrN3S. The van der Waals surface area contributed by atoms with Crippen molar-refractivity contribution in [3.63, 3.8) is 0 Å². The monoisotopic (exact) mass is 325 g/mol. The van der Waals surface area contributed by atoms with Crippen LogP contribution in [0.5, 0.6) is 0 Å². The average Bonchev–Trinajstić information content (AvgIpc) is 2.78. The van der Waals surface area contributed by atoms with E-state index < -0.39 is 0 Å². The summed E-state index contributed by atoms with van der Waals surface area (Å²) in [5.41, 5.74) is 1.12. The molecule has 1 aromatic carbocycles. The SMILES string of the molecule is CC(C)NCCc1nnc(-c2ccc(Br)cc2)s1. The zero-order chi connectivity index (χ0) is 13.0. The van der Waals surface area contributed by atoms with Gasteiger partial charge in [0.25, 0.3) is 0 Å². The summed E-state index contributed by atoms with van der Waals surface area (Å²) >= 11 is 5.10. The topological polar surface area (TPSA) is 37.8 Å². The lowest BCUT2D eigenvalue weighted by atomic mass is 10.2. The lowest BCUT2D eigenvalue weighted by molar-refractivity contribution is 0.588. The van der Waals surface area contributed by atoms with Crippen molar-refractivity contribution in [3.05, 3.63) is 33.7 Å². The molecule has 0 atom stereocenters. The molecule has 0 amide bonds. The molecular weight excluding hydrogens is 310 g/mol. The molecule has 0 unspecified atom stereocenters. The van der Waals surface area contributed by atoms with Gasteiger partial charge in [-0.1, -0.05) is 53.2 Å². The van der Waals surface area contributed by atoms with E-state index in [1.165, 1.54) is 0 Å². The molecule has 0 aliphatic rings. The minimum atomic E-state index is 0.517. The molecule has 1 heterocycles. The highest BCUT2D eigenvalue weighted by atomic mass is 79.9. The van der Waals surface area contributed by atoms with Crippen LogP contribution >= 0.6 is 27.3 Å². The summed E-state index contributed by atoms with van der Waals surface area (Å²) in [6.45, 7) is 5.24. The first-order chi connectivity index (χ1) is 8.65. The zero-order valence-electron chi connectivity index (χ0n) is 10.5. The maximum Gasteiger partial charge on any atom is 0.147 e. The molecule has 96 valence electrons. The number of hydrogen-bond acceptors (Lipinski definition) is 4. The third kappa shape index (κ3) is 3.86. The average molecular weight is 326 g/mol. The normalized spacial score (nSPS) is 11.1. The van der Waals surface area contributed by atoms with Crippen molar-refractivity contribution in [1.29, 1.82) is 0 Å². The predicted octanol–water partition coefficient (Wildman–Crippen LogP) is 3.51. The van der Waals surface area contributed by atoms with E-state index in [9.17, 15) is 0 Å². The van der Waals surface area contributed by atoms with Crippen LogP contribution in [0.1, 0.15) is 18.9 Å². The molecule has 0 aliphatic carbocycles. The van der Waals surface area contributed by atoms with Crippen LogP contribution in [0.15, 0.2) is 28.7 Å². The van der Waals surface area contributed by atoms with E-state index >= 15 is 0 Å². The molecule has 2 aromatic rings. The molecule has 1 N–H and O–H groups in total. The van der Waals surface area contributed by atoms with E-state index in [0.29, 0.717) is 6.04 Å². The molecule has 0 aliphatic heterocycles. The molecule has 0 spiro atoms. The van der Waals surface area contributed by atoms with E-state index in [4.69, 9.17) is 0 Å². The molecule has 0 radical (unpaired) electrons. The van der Waals surface area contributed by atoms with Crippen LogP contribution < -0.4 is 5.32 Å². The molecule has 0 saturated heterocycles.